The van der Waals surface area contributed by atoms with Crippen LogP contribution in [-0.4, -0.2) is 39.6 Å². The van der Waals surface area contributed by atoms with E-state index < -0.39 is 9.85 Å². The molecule has 10 nitrogen and oxygen atoms in total. The number of aromatic hydroxyl groups is 1. The zero-order valence-electron chi connectivity index (χ0n) is 21.1. The largest absolute Gasteiger partial charge is 0.508 e. The SMILES string of the molecule is CC.CC1(C=O)CC/C=C/C(O)CC1.COc1ccc([N+](=O)[O-])cc1.O=[N+]([O-])c1ccc(O)cc1.[Y]. The molecule has 36 heavy (non-hydrogen) atoms. The van der Waals surface area contributed by atoms with Crippen molar-refractivity contribution in [2.45, 2.75) is 52.6 Å². The molecule has 2 aromatic carbocycles. The summed E-state index contributed by atoms with van der Waals surface area (Å²) in [6.07, 6.45) is 7.75. The van der Waals surface area contributed by atoms with Crippen LogP contribution >= 0.6 is 0 Å². The molecular weight excluding hydrogens is 545 g/mol. The molecule has 0 saturated heterocycles. The van der Waals surface area contributed by atoms with E-state index in [1.165, 1.54) is 43.5 Å². The van der Waals surface area contributed by atoms with E-state index in [-0.39, 0.29) is 61.4 Å². The van der Waals surface area contributed by atoms with Gasteiger partial charge in [-0.15, -0.1) is 0 Å². The first-order valence-electron chi connectivity index (χ1n) is 11.1. The zero-order chi connectivity index (χ0) is 26.9. The third-order valence-electron chi connectivity index (χ3n) is 4.88. The number of hydrogen-bond donors (Lipinski definition) is 2. The number of allylic oxidation sites excluding steroid dienone is 1. The standard InChI is InChI=1S/C10H16O2.C7H7NO3.C6H5NO3.C2H6.Y/c1-10(8-11)6-3-2-4-9(12)5-7-10;1-11-7-4-2-6(3-5-7)8(9)10;8-6-3-1-5(2-4-6)7(9)10;1-2;/h2,4,8-9,12H,3,5-7H2,1H3;2-5H,1H3;1-4,8H;1-2H3;/b4-2+;;;;. The van der Waals surface area contributed by atoms with Crippen LogP contribution in [0.5, 0.6) is 11.5 Å². The first kappa shape index (κ1) is 35.5. The number of rotatable bonds is 4. The molecule has 11 heteroatoms. The van der Waals surface area contributed by atoms with Crippen LogP contribution in [0.4, 0.5) is 11.4 Å². The molecule has 2 N–H and O–H groups in total. The Morgan fingerprint density at radius 1 is 0.972 bits per heavy atom. The minimum Gasteiger partial charge on any atom is -0.508 e. The number of hydrogen-bond acceptors (Lipinski definition) is 8. The number of methoxy groups -OCH3 is 1. The number of nitrogens with zero attached hydrogens (tertiary/aromatic N) is 2. The van der Waals surface area contributed by atoms with Gasteiger partial charge in [0.25, 0.3) is 11.4 Å². The number of non-ortho nitro benzene ring substituents is 2. The van der Waals surface area contributed by atoms with Gasteiger partial charge in [-0.3, -0.25) is 20.2 Å². The molecule has 3 rings (SSSR count). The summed E-state index contributed by atoms with van der Waals surface area (Å²) in [5.41, 5.74) is -0.158. The molecule has 0 amide bonds. The van der Waals surface area contributed by atoms with Crippen molar-refractivity contribution in [1.82, 2.24) is 0 Å². The second-order valence-electron chi connectivity index (χ2n) is 7.57. The van der Waals surface area contributed by atoms with Gasteiger partial charge in [-0.05, 0) is 49.9 Å². The summed E-state index contributed by atoms with van der Waals surface area (Å²) >= 11 is 0. The van der Waals surface area contributed by atoms with Crippen molar-refractivity contribution >= 4 is 17.7 Å². The molecule has 0 bridgehead atoms. The molecule has 1 aliphatic carbocycles. The molecule has 0 aromatic heterocycles. The minimum absolute atomic E-state index is 0. The van der Waals surface area contributed by atoms with Gasteiger partial charge >= 0.3 is 0 Å². The van der Waals surface area contributed by atoms with Crippen molar-refractivity contribution in [3.8, 4) is 11.5 Å². The Hall–Kier alpha value is -2.69. The summed E-state index contributed by atoms with van der Waals surface area (Å²) in [5.74, 6) is 0.654. The number of phenols is 1. The van der Waals surface area contributed by atoms with Gasteiger partial charge in [0.05, 0.1) is 23.1 Å². The third kappa shape index (κ3) is 14.7. The molecule has 0 saturated carbocycles. The topological polar surface area (TPSA) is 153 Å². The van der Waals surface area contributed by atoms with E-state index in [1.807, 2.05) is 32.9 Å². The number of nitro groups is 2. The van der Waals surface area contributed by atoms with E-state index in [0.717, 1.165) is 25.5 Å². The molecular formula is C25H34N2O8Y. The van der Waals surface area contributed by atoms with E-state index in [4.69, 9.17) is 9.84 Å². The summed E-state index contributed by atoms with van der Waals surface area (Å²) in [4.78, 5) is 30.0. The normalized spacial score (nSPS) is 18.8. The van der Waals surface area contributed by atoms with Crippen molar-refractivity contribution in [2.24, 2.45) is 5.41 Å². The van der Waals surface area contributed by atoms with Crippen molar-refractivity contribution in [3.63, 3.8) is 0 Å². The molecule has 0 aliphatic heterocycles. The van der Waals surface area contributed by atoms with Crippen molar-refractivity contribution in [1.29, 1.82) is 0 Å². The smallest absolute Gasteiger partial charge is 0.269 e. The van der Waals surface area contributed by atoms with Crippen molar-refractivity contribution in [3.05, 3.63) is 80.9 Å². The van der Waals surface area contributed by atoms with Crippen LogP contribution in [0.1, 0.15) is 46.5 Å². The summed E-state index contributed by atoms with van der Waals surface area (Å²) in [6, 6.07) is 11.0. The Balaban J connectivity index is 0. The van der Waals surface area contributed by atoms with Crippen LogP contribution < -0.4 is 4.74 Å². The van der Waals surface area contributed by atoms with Crippen molar-refractivity contribution in [2.75, 3.05) is 7.11 Å². The van der Waals surface area contributed by atoms with Gasteiger partial charge in [0.2, 0.25) is 0 Å². The predicted molar refractivity (Wildman–Crippen MR) is 134 cm³/mol. The summed E-state index contributed by atoms with van der Waals surface area (Å²) < 4.78 is 4.83. The summed E-state index contributed by atoms with van der Waals surface area (Å²) in [7, 11) is 1.52. The number of carbonyl (C=O) groups excluding carboxylic acids is 1. The Bertz CT molecular complexity index is 936. The maximum absolute atomic E-state index is 10.7. The number of aliphatic hydroxyl groups is 1. The van der Waals surface area contributed by atoms with Gasteiger partial charge < -0.3 is 19.7 Å². The van der Waals surface area contributed by atoms with Crippen LogP contribution in [0.2, 0.25) is 0 Å². The molecule has 0 fully saturated rings. The number of benzene rings is 2. The molecule has 2 aromatic rings. The van der Waals surface area contributed by atoms with E-state index in [1.54, 1.807) is 12.1 Å². The van der Waals surface area contributed by atoms with Gasteiger partial charge in [0.1, 0.15) is 17.8 Å². The Morgan fingerprint density at radius 3 is 1.86 bits per heavy atom. The Kier molecular flexibility index (Phi) is 19.2. The maximum atomic E-state index is 10.7. The molecule has 2 atom stereocenters. The van der Waals surface area contributed by atoms with Crippen LogP contribution in [0.25, 0.3) is 0 Å². The van der Waals surface area contributed by atoms with Gasteiger partial charge in [0.15, 0.2) is 0 Å². The van der Waals surface area contributed by atoms with Gasteiger partial charge in [-0.25, -0.2) is 0 Å². The average molecular weight is 579 g/mol. The number of carbonyl (C=O) groups is 1. The van der Waals surface area contributed by atoms with Crippen LogP contribution in [0.3, 0.4) is 0 Å². The number of phenolic OH excluding ortho intramolecular Hbond substituents is 1. The predicted octanol–water partition coefficient (Wildman–Crippen LogP) is 5.61. The van der Waals surface area contributed by atoms with E-state index >= 15 is 0 Å². The molecule has 1 aliphatic rings. The fourth-order valence-corrected chi connectivity index (χ4v) is 2.76. The van der Waals surface area contributed by atoms with Gasteiger partial charge in [-0.1, -0.05) is 32.9 Å². The second kappa shape index (κ2) is 19.5. The van der Waals surface area contributed by atoms with Gasteiger partial charge in [0, 0.05) is 62.4 Å². The number of nitro benzene ring substituents is 2. The van der Waals surface area contributed by atoms with Crippen LogP contribution in [-0.2, 0) is 37.5 Å². The fraction of sp³-hybridized carbons (Fsp3) is 0.400. The summed E-state index contributed by atoms with van der Waals surface area (Å²) in [6.45, 7) is 5.96. The summed E-state index contributed by atoms with van der Waals surface area (Å²) in [5, 5.41) is 38.3. The molecule has 1 radical (unpaired) electrons. The monoisotopic (exact) mass is 579 g/mol. The molecule has 195 valence electrons. The fourth-order valence-electron chi connectivity index (χ4n) is 2.76. The number of aliphatic hydroxyl groups excluding tert-OH is 1. The van der Waals surface area contributed by atoms with Crippen LogP contribution in [0, 0.1) is 25.6 Å². The molecule has 0 heterocycles. The first-order chi connectivity index (χ1) is 16.6. The van der Waals surface area contributed by atoms with E-state index in [0.29, 0.717) is 12.2 Å². The zero-order valence-corrected chi connectivity index (χ0v) is 23.9. The van der Waals surface area contributed by atoms with Gasteiger partial charge in [-0.2, -0.15) is 0 Å². The Morgan fingerprint density at radius 2 is 1.44 bits per heavy atom. The van der Waals surface area contributed by atoms with Crippen molar-refractivity contribution < 1.29 is 62.3 Å². The minimum atomic E-state index is -0.514. The maximum Gasteiger partial charge on any atom is 0.269 e. The first-order valence-corrected chi connectivity index (χ1v) is 11.1. The average Bonchev–Trinajstić information content (AvgIpc) is 2.87. The third-order valence-corrected chi connectivity index (χ3v) is 4.88. The number of ether oxygens (including phenoxy) is 1. The molecule has 2 unspecified atom stereocenters. The number of aldehydes is 1. The molecule has 0 spiro atoms. The van der Waals surface area contributed by atoms with E-state index in [9.17, 15) is 30.1 Å². The second-order valence-corrected chi connectivity index (χ2v) is 7.57. The van der Waals surface area contributed by atoms with E-state index in [2.05, 4.69) is 0 Å². The Labute approximate surface area is 236 Å². The quantitative estimate of drug-likeness (QED) is 0.205. The van der Waals surface area contributed by atoms with Crippen LogP contribution in [0.15, 0.2) is 60.7 Å².